The molecule has 3 aromatic rings. The van der Waals surface area contributed by atoms with E-state index in [1.807, 2.05) is 36.4 Å². The van der Waals surface area contributed by atoms with Crippen LogP contribution in [0.4, 0.5) is 0 Å². The highest BCUT2D eigenvalue weighted by Gasteiger charge is 2.33. The van der Waals surface area contributed by atoms with Crippen molar-refractivity contribution in [3.8, 4) is 28.7 Å². The molecule has 31 heavy (non-hydrogen) atoms. The summed E-state index contributed by atoms with van der Waals surface area (Å²) in [6.07, 6.45) is 0.595. The Morgan fingerprint density at radius 2 is 1.52 bits per heavy atom. The first-order valence-corrected chi connectivity index (χ1v) is 10.1. The molecule has 6 heteroatoms. The van der Waals surface area contributed by atoms with Crippen LogP contribution in [0.2, 0.25) is 0 Å². The number of ether oxygens (including phenoxy) is 5. The molecule has 0 saturated carbocycles. The van der Waals surface area contributed by atoms with Crippen LogP contribution in [-0.2, 0) is 4.79 Å². The Labute approximate surface area is 180 Å². The van der Waals surface area contributed by atoms with E-state index in [4.69, 9.17) is 23.7 Å². The van der Waals surface area contributed by atoms with Crippen molar-refractivity contribution in [2.24, 2.45) is 0 Å². The van der Waals surface area contributed by atoms with Gasteiger partial charge in [-0.2, -0.15) is 0 Å². The van der Waals surface area contributed by atoms with Gasteiger partial charge in [0.2, 0.25) is 6.79 Å². The average molecular weight is 418 g/mol. The first-order chi connectivity index (χ1) is 15.1. The Bertz CT molecular complexity index is 1100. The third-order valence-corrected chi connectivity index (χ3v) is 5.63. The van der Waals surface area contributed by atoms with E-state index in [0.29, 0.717) is 11.5 Å². The summed E-state index contributed by atoms with van der Waals surface area (Å²) < 4.78 is 28.0. The van der Waals surface area contributed by atoms with Crippen LogP contribution in [-0.4, -0.2) is 19.9 Å². The Morgan fingerprint density at radius 3 is 2.19 bits per heavy atom. The third-order valence-electron chi connectivity index (χ3n) is 5.63. The molecule has 2 aliphatic heterocycles. The molecule has 0 aliphatic carbocycles. The minimum Gasteiger partial charge on any atom is -0.497 e. The van der Waals surface area contributed by atoms with Crippen LogP contribution in [0.3, 0.4) is 0 Å². The van der Waals surface area contributed by atoms with Gasteiger partial charge < -0.3 is 23.7 Å². The number of hydrogen-bond acceptors (Lipinski definition) is 6. The summed E-state index contributed by atoms with van der Waals surface area (Å²) in [6, 6.07) is 19.5. The number of rotatable bonds is 4. The van der Waals surface area contributed by atoms with Crippen LogP contribution >= 0.6 is 0 Å². The second-order valence-electron chi connectivity index (χ2n) is 7.57. The lowest BCUT2D eigenvalue weighted by molar-refractivity contribution is -0.131. The summed E-state index contributed by atoms with van der Waals surface area (Å²) in [7, 11) is 1.66. The van der Waals surface area contributed by atoms with E-state index in [1.165, 1.54) is 12.5 Å². The molecule has 0 N–H and O–H groups in total. The monoisotopic (exact) mass is 418 g/mol. The van der Waals surface area contributed by atoms with E-state index < -0.39 is 0 Å². The van der Waals surface area contributed by atoms with Gasteiger partial charge in [-0.1, -0.05) is 24.3 Å². The maximum Gasteiger partial charge on any atom is 0.308 e. The van der Waals surface area contributed by atoms with E-state index in [1.54, 1.807) is 19.2 Å². The summed E-state index contributed by atoms with van der Waals surface area (Å²) in [4.78, 5) is 11.2. The van der Waals surface area contributed by atoms with Crippen LogP contribution in [0.25, 0.3) is 0 Å². The van der Waals surface area contributed by atoms with Crippen molar-refractivity contribution in [2.75, 3.05) is 13.9 Å². The maximum absolute atomic E-state index is 11.2. The summed E-state index contributed by atoms with van der Waals surface area (Å²) in [5, 5.41) is 0. The molecule has 3 aromatic carbocycles. The maximum atomic E-state index is 11.2. The molecule has 0 radical (unpaired) electrons. The zero-order valence-corrected chi connectivity index (χ0v) is 17.3. The van der Waals surface area contributed by atoms with Gasteiger partial charge in [-0.25, -0.2) is 0 Å². The largest absolute Gasteiger partial charge is 0.497 e. The van der Waals surface area contributed by atoms with Gasteiger partial charge in [0.1, 0.15) is 23.4 Å². The minimum absolute atomic E-state index is 0.113. The number of benzene rings is 3. The Morgan fingerprint density at radius 1 is 0.871 bits per heavy atom. The van der Waals surface area contributed by atoms with Gasteiger partial charge in [0.05, 0.1) is 7.11 Å². The lowest BCUT2D eigenvalue weighted by Crippen LogP contribution is -2.20. The molecule has 5 rings (SSSR count). The molecule has 2 atom stereocenters. The predicted octanol–water partition coefficient (Wildman–Crippen LogP) is 5.00. The van der Waals surface area contributed by atoms with Crippen molar-refractivity contribution in [1.82, 2.24) is 0 Å². The second-order valence-corrected chi connectivity index (χ2v) is 7.57. The molecule has 158 valence electrons. The highest BCUT2D eigenvalue weighted by atomic mass is 16.7. The molecular formula is C25H22O6. The van der Waals surface area contributed by atoms with Gasteiger partial charge in [0, 0.05) is 24.5 Å². The van der Waals surface area contributed by atoms with Gasteiger partial charge in [-0.05, 0) is 47.9 Å². The van der Waals surface area contributed by atoms with Crippen molar-refractivity contribution in [2.45, 2.75) is 25.4 Å². The fourth-order valence-corrected chi connectivity index (χ4v) is 4.13. The molecular weight excluding hydrogens is 396 g/mol. The lowest BCUT2D eigenvalue weighted by atomic mass is 9.82. The number of carbonyl (C=O) groups excluding carboxylic acids is 1. The highest BCUT2D eigenvalue weighted by molar-refractivity contribution is 5.69. The van der Waals surface area contributed by atoms with Crippen LogP contribution in [0.15, 0.2) is 60.7 Å². The van der Waals surface area contributed by atoms with Crippen molar-refractivity contribution in [1.29, 1.82) is 0 Å². The molecule has 2 aliphatic rings. The van der Waals surface area contributed by atoms with Crippen LogP contribution in [0, 0.1) is 0 Å². The quantitative estimate of drug-likeness (QED) is 0.439. The number of hydrogen-bond donors (Lipinski definition) is 0. The van der Waals surface area contributed by atoms with Gasteiger partial charge in [-0.15, -0.1) is 0 Å². The molecule has 6 nitrogen and oxygen atoms in total. The third kappa shape index (κ3) is 3.77. The molecule has 0 bridgehead atoms. The number of esters is 1. The fraction of sp³-hybridized carbons (Fsp3) is 0.240. The highest BCUT2D eigenvalue weighted by Crippen LogP contribution is 2.50. The van der Waals surface area contributed by atoms with E-state index in [-0.39, 0.29) is 24.8 Å². The fourth-order valence-electron chi connectivity index (χ4n) is 4.13. The summed E-state index contributed by atoms with van der Waals surface area (Å²) in [5.41, 5.74) is 3.26. The zero-order chi connectivity index (χ0) is 21.4. The Hall–Kier alpha value is -3.67. The Balaban J connectivity index is 1.51. The van der Waals surface area contributed by atoms with E-state index in [2.05, 4.69) is 12.1 Å². The van der Waals surface area contributed by atoms with Crippen LogP contribution in [0.1, 0.15) is 42.1 Å². The smallest absolute Gasteiger partial charge is 0.308 e. The van der Waals surface area contributed by atoms with Gasteiger partial charge in [-0.3, -0.25) is 4.79 Å². The minimum atomic E-state index is -0.341. The van der Waals surface area contributed by atoms with E-state index >= 15 is 0 Å². The molecule has 0 fully saturated rings. The van der Waals surface area contributed by atoms with Crippen LogP contribution in [0.5, 0.6) is 28.7 Å². The summed E-state index contributed by atoms with van der Waals surface area (Å²) in [5.74, 6) is 3.32. The van der Waals surface area contributed by atoms with Crippen molar-refractivity contribution in [3.63, 3.8) is 0 Å². The van der Waals surface area contributed by atoms with Crippen molar-refractivity contribution in [3.05, 3.63) is 77.4 Å². The SMILES string of the molecule is COc1ccc([C@H]2C[C@@H](c3ccc(OC(C)=O)cc3)Oc3cc4c(cc32)OCO4)cc1. The number of methoxy groups -OCH3 is 1. The molecule has 0 unspecified atom stereocenters. The van der Waals surface area contributed by atoms with Gasteiger partial charge in [0.15, 0.2) is 11.5 Å². The summed E-state index contributed by atoms with van der Waals surface area (Å²) in [6.45, 7) is 1.60. The average Bonchev–Trinajstić information content (AvgIpc) is 3.24. The van der Waals surface area contributed by atoms with Gasteiger partial charge in [0.25, 0.3) is 0 Å². The first kappa shape index (κ1) is 19.3. The van der Waals surface area contributed by atoms with E-state index in [0.717, 1.165) is 34.8 Å². The zero-order valence-electron chi connectivity index (χ0n) is 17.3. The topological polar surface area (TPSA) is 63.2 Å². The van der Waals surface area contributed by atoms with Crippen molar-refractivity contribution < 1.29 is 28.5 Å². The van der Waals surface area contributed by atoms with Crippen molar-refractivity contribution >= 4 is 5.97 Å². The molecule has 0 amide bonds. The predicted molar refractivity (Wildman–Crippen MR) is 113 cm³/mol. The molecule has 0 aromatic heterocycles. The lowest BCUT2D eigenvalue weighted by Gasteiger charge is -2.33. The number of carbonyl (C=O) groups is 1. The first-order valence-electron chi connectivity index (χ1n) is 10.1. The van der Waals surface area contributed by atoms with E-state index in [9.17, 15) is 4.79 Å². The molecule has 2 heterocycles. The summed E-state index contributed by atoms with van der Waals surface area (Å²) >= 11 is 0. The van der Waals surface area contributed by atoms with Gasteiger partial charge >= 0.3 is 5.97 Å². The molecule has 0 saturated heterocycles. The standard InChI is InChI=1S/C25H22O6/c1-15(26)30-19-9-5-17(6-10-19)22-11-20(16-3-7-18(27-2)8-4-16)21-12-24-25(29-14-28-24)13-23(21)31-22/h3-10,12-13,20,22H,11,14H2,1-2H3/t20-,22+/m1/s1. The second kappa shape index (κ2) is 7.87. The molecule has 0 spiro atoms. The number of fused-ring (bicyclic) bond motifs is 2. The van der Waals surface area contributed by atoms with Crippen LogP contribution < -0.4 is 23.7 Å². The normalized spacial score (nSPS) is 18.6. The Kier molecular flexibility index (Phi) is 4.90.